The second-order valence-corrected chi connectivity index (χ2v) is 7.98. The maximum absolute atomic E-state index is 4.40. The van der Waals surface area contributed by atoms with Crippen molar-refractivity contribution in [3.63, 3.8) is 0 Å². The van der Waals surface area contributed by atoms with E-state index in [2.05, 4.69) is 87.4 Å². The summed E-state index contributed by atoms with van der Waals surface area (Å²) in [6.45, 7) is 2.91. The van der Waals surface area contributed by atoms with Crippen molar-refractivity contribution in [2.24, 2.45) is 0 Å². The number of hydrogen-bond donors (Lipinski definition) is 1. The molecule has 4 nitrogen and oxygen atoms in total. The first-order valence-electron chi connectivity index (χ1n) is 11.1. The van der Waals surface area contributed by atoms with Crippen LogP contribution < -0.4 is 5.32 Å². The van der Waals surface area contributed by atoms with Crippen LogP contribution in [-0.2, 0) is 25.0 Å². The number of hydrogen-bond acceptors (Lipinski definition) is 3. The van der Waals surface area contributed by atoms with Gasteiger partial charge in [-0.15, -0.1) is 0 Å². The lowest BCUT2D eigenvalue weighted by Gasteiger charge is -2.38. The molecule has 1 unspecified atom stereocenters. The quantitative estimate of drug-likeness (QED) is 0.383. The van der Waals surface area contributed by atoms with Crippen LogP contribution in [0.25, 0.3) is 0 Å². The topological polar surface area (TPSA) is 42.7 Å². The maximum Gasteiger partial charge on any atom is 0.0956 e. The molecule has 1 atom stereocenters. The highest BCUT2D eigenvalue weighted by atomic mass is 15.2. The predicted octanol–water partition coefficient (Wildman–Crippen LogP) is 5.35. The minimum atomic E-state index is -0.390. The SMILES string of the molecule is CCCCc1ccccc1C(Cc1cccnc1)(NCn1ccnc1)c1ccccc1. The summed E-state index contributed by atoms with van der Waals surface area (Å²) in [4.78, 5) is 8.62. The van der Waals surface area contributed by atoms with E-state index in [1.165, 1.54) is 35.1 Å². The van der Waals surface area contributed by atoms with Crippen LogP contribution in [0.5, 0.6) is 0 Å². The van der Waals surface area contributed by atoms with Crippen LogP contribution in [0.2, 0.25) is 0 Å². The minimum Gasteiger partial charge on any atom is -0.324 e. The molecule has 2 heterocycles. The first kappa shape index (κ1) is 21.0. The van der Waals surface area contributed by atoms with Crippen molar-refractivity contribution >= 4 is 0 Å². The molecule has 0 spiro atoms. The van der Waals surface area contributed by atoms with Gasteiger partial charge in [0.25, 0.3) is 0 Å². The van der Waals surface area contributed by atoms with Gasteiger partial charge >= 0.3 is 0 Å². The number of nitrogens with zero attached hydrogens (tertiary/aromatic N) is 3. The number of aromatic nitrogens is 3. The highest BCUT2D eigenvalue weighted by Gasteiger charge is 2.36. The number of nitrogens with one attached hydrogen (secondary N) is 1. The van der Waals surface area contributed by atoms with Gasteiger partial charge in [-0.1, -0.05) is 74.0 Å². The molecule has 0 fully saturated rings. The molecule has 0 aliphatic heterocycles. The van der Waals surface area contributed by atoms with Crippen molar-refractivity contribution in [3.05, 3.63) is 120 Å². The number of unbranched alkanes of at least 4 members (excludes halogenated alkanes) is 1. The number of rotatable bonds is 10. The summed E-state index contributed by atoms with van der Waals surface area (Å²) in [6.07, 6.45) is 13.7. The minimum absolute atomic E-state index is 0.390. The Morgan fingerprint density at radius 1 is 0.903 bits per heavy atom. The number of aryl methyl sites for hydroxylation is 1. The van der Waals surface area contributed by atoms with E-state index < -0.39 is 0 Å². The Morgan fingerprint density at radius 3 is 2.48 bits per heavy atom. The zero-order chi connectivity index (χ0) is 21.4. The summed E-state index contributed by atoms with van der Waals surface area (Å²) in [5, 5.41) is 3.93. The van der Waals surface area contributed by atoms with Crippen LogP contribution in [0.15, 0.2) is 97.8 Å². The van der Waals surface area contributed by atoms with Crippen LogP contribution in [0.3, 0.4) is 0 Å². The molecule has 0 amide bonds. The van der Waals surface area contributed by atoms with Crippen molar-refractivity contribution in [2.75, 3.05) is 0 Å². The van der Waals surface area contributed by atoms with Gasteiger partial charge in [0.15, 0.2) is 0 Å². The largest absolute Gasteiger partial charge is 0.324 e. The molecule has 1 N–H and O–H groups in total. The Morgan fingerprint density at radius 2 is 1.74 bits per heavy atom. The third-order valence-corrected chi connectivity index (χ3v) is 5.86. The molecule has 4 aromatic rings. The molecule has 31 heavy (non-hydrogen) atoms. The van der Waals surface area contributed by atoms with E-state index >= 15 is 0 Å². The first-order chi connectivity index (χ1) is 15.3. The molecule has 0 saturated heterocycles. The monoisotopic (exact) mass is 410 g/mol. The van der Waals surface area contributed by atoms with Crippen LogP contribution in [-0.4, -0.2) is 14.5 Å². The van der Waals surface area contributed by atoms with Crippen LogP contribution in [0.4, 0.5) is 0 Å². The first-order valence-corrected chi connectivity index (χ1v) is 11.1. The van der Waals surface area contributed by atoms with Crippen molar-refractivity contribution in [2.45, 2.75) is 44.8 Å². The molecule has 2 aromatic heterocycles. The summed E-state index contributed by atoms with van der Waals surface area (Å²) in [6, 6.07) is 23.9. The highest BCUT2D eigenvalue weighted by molar-refractivity contribution is 5.45. The number of pyridine rings is 1. The van der Waals surface area contributed by atoms with E-state index in [9.17, 15) is 0 Å². The van der Waals surface area contributed by atoms with E-state index in [0.717, 1.165) is 12.8 Å². The molecule has 0 bridgehead atoms. The third-order valence-electron chi connectivity index (χ3n) is 5.86. The summed E-state index contributed by atoms with van der Waals surface area (Å²) in [5.41, 5.74) is 4.80. The molecular weight excluding hydrogens is 380 g/mol. The Hall–Kier alpha value is -3.24. The second kappa shape index (κ2) is 10.2. The molecule has 0 radical (unpaired) electrons. The normalized spacial score (nSPS) is 13.1. The molecule has 4 heteroatoms. The summed E-state index contributed by atoms with van der Waals surface area (Å²) in [5.74, 6) is 0. The van der Waals surface area contributed by atoms with Crippen molar-refractivity contribution < 1.29 is 0 Å². The van der Waals surface area contributed by atoms with Gasteiger partial charge in [-0.05, 0) is 41.2 Å². The molecule has 2 aromatic carbocycles. The average molecular weight is 411 g/mol. The summed E-state index contributed by atoms with van der Waals surface area (Å²) in [7, 11) is 0. The van der Waals surface area contributed by atoms with Gasteiger partial charge in [-0.3, -0.25) is 10.3 Å². The molecular formula is C27H30N4. The lowest BCUT2D eigenvalue weighted by molar-refractivity contribution is 0.352. The zero-order valence-electron chi connectivity index (χ0n) is 18.1. The van der Waals surface area contributed by atoms with Gasteiger partial charge in [0.1, 0.15) is 0 Å². The predicted molar refractivity (Wildman–Crippen MR) is 126 cm³/mol. The van der Waals surface area contributed by atoms with E-state index in [1.54, 1.807) is 0 Å². The van der Waals surface area contributed by atoms with Crippen LogP contribution in [0, 0.1) is 0 Å². The molecule has 4 rings (SSSR count). The zero-order valence-corrected chi connectivity index (χ0v) is 18.1. The van der Waals surface area contributed by atoms with E-state index in [4.69, 9.17) is 0 Å². The van der Waals surface area contributed by atoms with Crippen molar-refractivity contribution in [3.8, 4) is 0 Å². The van der Waals surface area contributed by atoms with Gasteiger partial charge in [-0.2, -0.15) is 0 Å². The fourth-order valence-electron chi connectivity index (χ4n) is 4.27. The lowest BCUT2D eigenvalue weighted by atomic mass is 9.75. The fraction of sp³-hybridized carbons (Fsp3) is 0.259. The van der Waals surface area contributed by atoms with E-state index in [0.29, 0.717) is 6.67 Å². The average Bonchev–Trinajstić information content (AvgIpc) is 3.36. The maximum atomic E-state index is 4.40. The Balaban J connectivity index is 1.86. The molecule has 0 aliphatic carbocycles. The van der Waals surface area contributed by atoms with Crippen molar-refractivity contribution in [1.29, 1.82) is 0 Å². The third kappa shape index (κ3) is 4.92. The molecule has 158 valence electrons. The standard InChI is InChI=1S/C27H30N4/c1-2-3-11-24-12-7-8-15-26(24)27(25-13-5-4-6-14-25,19-23-10-9-16-28-20-23)30-22-31-18-17-29-21-31/h4-10,12-18,20-21,30H,2-3,11,19,22H2,1H3. The summed E-state index contributed by atoms with van der Waals surface area (Å²) >= 11 is 0. The van der Waals surface area contributed by atoms with Crippen LogP contribution in [0.1, 0.15) is 42.0 Å². The highest BCUT2D eigenvalue weighted by Crippen LogP contribution is 2.36. The molecule has 0 saturated carbocycles. The summed E-state index contributed by atoms with van der Waals surface area (Å²) < 4.78 is 2.08. The number of imidazole rings is 1. The Bertz CT molecular complexity index is 1050. The van der Waals surface area contributed by atoms with Gasteiger partial charge in [0.2, 0.25) is 0 Å². The number of benzene rings is 2. The fourth-order valence-corrected chi connectivity index (χ4v) is 4.27. The second-order valence-electron chi connectivity index (χ2n) is 7.98. The lowest BCUT2D eigenvalue weighted by Crippen LogP contribution is -2.46. The van der Waals surface area contributed by atoms with Gasteiger partial charge in [-0.25, -0.2) is 4.98 Å². The van der Waals surface area contributed by atoms with Crippen LogP contribution >= 0.6 is 0 Å². The van der Waals surface area contributed by atoms with Gasteiger partial charge in [0.05, 0.1) is 18.5 Å². The Kier molecular flexibility index (Phi) is 6.90. The van der Waals surface area contributed by atoms with Crippen molar-refractivity contribution in [1.82, 2.24) is 19.9 Å². The Labute approximate surface area is 185 Å². The van der Waals surface area contributed by atoms with E-state index in [1.807, 2.05) is 37.2 Å². The van der Waals surface area contributed by atoms with Gasteiger partial charge < -0.3 is 4.57 Å². The van der Waals surface area contributed by atoms with E-state index in [-0.39, 0.29) is 5.54 Å². The molecule has 0 aliphatic rings. The van der Waals surface area contributed by atoms with Gasteiger partial charge in [0, 0.05) is 31.2 Å². The smallest absolute Gasteiger partial charge is 0.0956 e.